The summed E-state index contributed by atoms with van der Waals surface area (Å²) < 4.78 is 0. The predicted octanol–water partition coefficient (Wildman–Crippen LogP) is 12.2. The molecular formula is C42H42SiZr-4. The molecular weight excluding hydrogens is 624 g/mol. The predicted molar refractivity (Wildman–Crippen MR) is 194 cm³/mol. The number of fused-ring (bicyclic) bond motifs is 3. The third-order valence-electron chi connectivity index (χ3n) is 8.20. The van der Waals surface area contributed by atoms with E-state index < -0.39 is 0 Å². The van der Waals surface area contributed by atoms with Gasteiger partial charge in [0.25, 0.3) is 0 Å². The average Bonchev–Trinajstić information content (AvgIpc) is 3.63. The monoisotopic (exact) mass is 664 g/mol. The molecule has 0 heterocycles. The zero-order valence-corrected chi connectivity index (χ0v) is 30.6. The van der Waals surface area contributed by atoms with Crippen LogP contribution in [0.5, 0.6) is 0 Å². The standard InChI is InChI=1S/C21H17.C19H19.2CH3.Si.Zr/c1-14-12-20-15(2)10-11-19(21(20)13-14)18-9-5-7-16-6-3-4-8-17(16)18;1-13(2)16-11-15-8-6-10-18(19(15)12-16)17-9-5-4-7-14(17)3;;;;/h3-13H,1-2H3;4-13H,1-3H3;2*1H3;;/q4*-1;;. The van der Waals surface area contributed by atoms with E-state index in [-0.39, 0.29) is 14.9 Å². The molecule has 0 bridgehead atoms. The summed E-state index contributed by atoms with van der Waals surface area (Å²) in [5.41, 5.74) is 10.8. The zero-order valence-electron chi connectivity index (χ0n) is 27.1. The van der Waals surface area contributed by atoms with Crippen LogP contribution < -0.4 is 0 Å². The van der Waals surface area contributed by atoms with Gasteiger partial charge in [-0.3, -0.25) is 0 Å². The topological polar surface area (TPSA) is 0 Å². The molecule has 0 nitrogen and oxygen atoms in total. The van der Waals surface area contributed by atoms with E-state index in [9.17, 15) is 0 Å². The first-order chi connectivity index (χ1) is 20.4. The van der Waals surface area contributed by atoms with Crippen LogP contribution in [0.4, 0.5) is 0 Å². The van der Waals surface area contributed by atoms with Crippen LogP contribution in [0.25, 0.3) is 54.6 Å². The van der Waals surface area contributed by atoms with Gasteiger partial charge in [-0.25, -0.2) is 0 Å². The molecule has 7 rings (SSSR count). The van der Waals surface area contributed by atoms with Crippen molar-refractivity contribution < 1.29 is 23.3 Å². The van der Waals surface area contributed by atoms with E-state index >= 15 is 0 Å². The van der Waals surface area contributed by atoms with Gasteiger partial charge in [0, 0.05) is 0 Å². The minimum absolute atomic E-state index is 0. The normalized spacial score (nSPS) is 10.4. The number of hydrogen-bond acceptors (Lipinski definition) is 0. The molecule has 0 aliphatic rings. The van der Waals surface area contributed by atoms with Crippen LogP contribution >= 0.6 is 0 Å². The fourth-order valence-corrected chi connectivity index (χ4v) is 5.99. The first-order valence-corrected chi connectivity index (χ1v) is 18.7. The van der Waals surface area contributed by atoms with Crippen LogP contribution in [0, 0.1) is 35.6 Å². The van der Waals surface area contributed by atoms with Crippen molar-refractivity contribution >= 4 is 39.2 Å². The van der Waals surface area contributed by atoms with Crippen LogP contribution in [-0.2, 0) is 23.3 Å². The van der Waals surface area contributed by atoms with E-state index in [1.807, 2.05) is 0 Å². The van der Waals surface area contributed by atoms with Gasteiger partial charge in [-0.05, 0) is 40.3 Å². The Hall–Kier alpha value is -3.32. The molecule has 0 fully saturated rings. The van der Waals surface area contributed by atoms with E-state index in [0.717, 1.165) is 0 Å². The van der Waals surface area contributed by atoms with Crippen LogP contribution in [-0.4, -0.2) is 6.88 Å². The molecule has 0 aromatic heterocycles. The van der Waals surface area contributed by atoms with E-state index in [0.29, 0.717) is 5.92 Å². The molecule has 7 aromatic carbocycles. The van der Waals surface area contributed by atoms with Gasteiger partial charge in [-0.15, -0.1) is 68.6 Å². The summed E-state index contributed by atoms with van der Waals surface area (Å²) in [6.45, 7) is 14.1. The van der Waals surface area contributed by atoms with E-state index in [1.54, 1.807) is 0 Å². The third kappa shape index (κ3) is 7.14. The van der Waals surface area contributed by atoms with Gasteiger partial charge < -0.3 is 14.9 Å². The molecule has 0 saturated heterocycles. The van der Waals surface area contributed by atoms with Gasteiger partial charge in [-0.2, -0.15) is 12.1 Å². The van der Waals surface area contributed by atoms with Gasteiger partial charge in [0.2, 0.25) is 0 Å². The van der Waals surface area contributed by atoms with Crippen LogP contribution in [0.2, 0.25) is 0 Å². The Morgan fingerprint density at radius 3 is 1.86 bits per heavy atom. The summed E-state index contributed by atoms with van der Waals surface area (Å²) in [6.07, 6.45) is 0. The summed E-state index contributed by atoms with van der Waals surface area (Å²) in [4.78, 5) is 0. The molecule has 0 aliphatic heterocycles. The minimum atomic E-state index is 0. The van der Waals surface area contributed by atoms with Gasteiger partial charge in [0.1, 0.15) is 0 Å². The van der Waals surface area contributed by atoms with Crippen LogP contribution in [0.1, 0.15) is 42.0 Å². The zero-order chi connectivity index (χ0) is 29.8. The molecule has 0 amide bonds. The number of aryl methyl sites for hydroxylation is 3. The van der Waals surface area contributed by atoms with Gasteiger partial charge >= 0.3 is 30.2 Å². The summed E-state index contributed by atoms with van der Waals surface area (Å²) >= 11 is 1.36. The van der Waals surface area contributed by atoms with Crippen molar-refractivity contribution in [3.8, 4) is 22.3 Å². The van der Waals surface area contributed by atoms with Crippen molar-refractivity contribution in [2.24, 2.45) is 0 Å². The van der Waals surface area contributed by atoms with Crippen molar-refractivity contribution in [3.05, 3.63) is 158 Å². The van der Waals surface area contributed by atoms with Gasteiger partial charge in [0.05, 0.1) is 0 Å². The van der Waals surface area contributed by atoms with Crippen molar-refractivity contribution in [2.45, 2.75) is 40.5 Å². The molecule has 2 radical (unpaired) electrons. The maximum atomic E-state index is 3.06. The summed E-state index contributed by atoms with van der Waals surface area (Å²) in [6, 6.07) is 44.2. The number of benzene rings is 5. The Morgan fingerprint density at radius 2 is 1.14 bits per heavy atom. The molecule has 222 valence electrons. The van der Waals surface area contributed by atoms with Gasteiger partial charge in [0.15, 0.2) is 0 Å². The molecule has 0 N–H and O–H groups in total. The van der Waals surface area contributed by atoms with Crippen LogP contribution in [0.15, 0.2) is 121 Å². The maximum absolute atomic E-state index is 3.06. The fourth-order valence-electron chi connectivity index (χ4n) is 5.99. The SMILES string of the molecule is Cc1cc2c(-c3cccc4ccccc34)ccc(C)c2[cH-]1.Cc1ccccc1-c1cccc2[cH-]c(C(C)C)cc12.[CH3-].[CH3-].[Si]=[Zr]. The summed E-state index contributed by atoms with van der Waals surface area (Å²) in [5, 5.41) is 8.09. The van der Waals surface area contributed by atoms with E-state index in [4.69, 9.17) is 0 Å². The summed E-state index contributed by atoms with van der Waals surface area (Å²) in [5.74, 6) is 0.581. The molecule has 7 aromatic rings. The van der Waals surface area contributed by atoms with Gasteiger partial charge in [-0.1, -0.05) is 118 Å². The Kier molecular flexibility index (Phi) is 12.5. The van der Waals surface area contributed by atoms with E-state index in [2.05, 4.69) is 163 Å². The fraction of sp³-hybridized carbons (Fsp3) is 0.143. The van der Waals surface area contributed by atoms with Crippen molar-refractivity contribution in [2.75, 3.05) is 0 Å². The molecule has 44 heavy (non-hydrogen) atoms. The van der Waals surface area contributed by atoms with Crippen molar-refractivity contribution in [1.29, 1.82) is 0 Å². The Morgan fingerprint density at radius 1 is 0.545 bits per heavy atom. The Bertz CT molecular complexity index is 1980. The van der Waals surface area contributed by atoms with Crippen molar-refractivity contribution in [3.63, 3.8) is 0 Å². The second-order valence-electron chi connectivity index (χ2n) is 11.4. The van der Waals surface area contributed by atoms with Crippen molar-refractivity contribution in [1.82, 2.24) is 0 Å². The van der Waals surface area contributed by atoms with E-state index in [1.165, 1.54) is 100 Å². The Labute approximate surface area is 282 Å². The first-order valence-electron chi connectivity index (χ1n) is 14.6. The number of hydrogen-bond donors (Lipinski definition) is 0. The molecule has 0 unspecified atom stereocenters. The molecule has 0 saturated carbocycles. The molecule has 0 spiro atoms. The first kappa shape index (κ1) is 35.2. The average molecular weight is 666 g/mol. The summed E-state index contributed by atoms with van der Waals surface area (Å²) in [7, 11) is 0. The second-order valence-corrected chi connectivity index (χ2v) is 11.4. The number of rotatable bonds is 3. The Balaban J connectivity index is 0.000000219. The quantitative estimate of drug-likeness (QED) is 0.130. The molecule has 0 aliphatic carbocycles. The second kappa shape index (κ2) is 15.6. The molecule has 0 atom stereocenters. The van der Waals surface area contributed by atoms with Crippen LogP contribution in [0.3, 0.4) is 0 Å². The molecule has 2 heteroatoms. The third-order valence-corrected chi connectivity index (χ3v) is 8.20.